The number of carbonyl (C=O) groups excluding carboxylic acids is 1. The molecule has 5 heteroatoms. The first-order chi connectivity index (χ1) is 10.1. The fourth-order valence-corrected chi connectivity index (χ4v) is 3.11. The molecule has 0 aromatic heterocycles. The maximum Gasteiger partial charge on any atom is 0.223 e. The Morgan fingerprint density at radius 2 is 2.14 bits per heavy atom. The van der Waals surface area contributed by atoms with Gasteiger partial charge in [-0.25, -0.2) is 8.78 Å². The molecule has 1 aliphatic carbocycles. The number of hydrogen-bond acceptors (Lipinski definition) is 2. The maximum absolute atomic E-state index is 13.2. The second-order valence-electron chi connectivity index (χ2n) is 6.21. The molecule has 3 rings (SSSR count). The monoisotopic (exact) mass is 294 g/mol. The highest BCUT2D eigenvalue weighted by molar-refractivity contribution is 5.83. The van der Waals surface area contributed by atoms with E-state index in [1.807, 2.05) is 0 Å². The molecule has 1 saturated heterocycles. The number of hydrogen-bond donors (Lipinski definition) is 2. The van der Waals surface area contributed by atoms with Crippen LogP contribution in [-0.2, 0) is 4.79 Å². The van der Waals surface area contributed by atoms with Crippen molar-refractivity contribution >= 4 is 5.91 Å². The summed E-state index contributed by atoms with van der Waals surface area (Å²) >= 11 is 0. The molecular weight excluding hydrogens is 274 g/mol. The van der Waals surface area contributed by atoms with E-state index < -0.39 is 11.6 Å². The van der Waals surface area contributed by atoms with Gasteiger partial charge < -0.3 is 10.6 Å². The highest BCUT2D eigenvalue weighted by atomic mass is 19.2. The third-order valence-electron chi connectivity index (χ3n) is 4.61. The molecule has 1 amide bonds. The lowest BCUT2D eigenvalue weighted by atomic mass is 9.95. The van der Waals surface area contributed by atoms with Gasteiger partial charge in [0.05, 0.1) is 0 Å². The Labute approximate surface area is 123 Å². The molecule has 2 aliphatic rings. The van der Waals surface area contributed by atoms with Crippen LogP contribution in [-0.4, -0.2) is 25.0 Å². The standard InChI is InChI=1S/C16H20F2N2O/c1-9-8-19-5-4-15(9)20-16(21)12-7-11(12)10-2-3-13(17)14(18)6-10/h2-3,6,9,11-12,15,19H,4-5,7-8H2,1H3,(H,20,21). The number of benzene rings is 1. The van der Waals surface area contributed by atoms with E-state index >= 15 is 0 Å². The summed E-state index contributed by atoms with van der Waals surface area (Å²) in [4.78, 5) is 12.3. The average molecular weight is 294 g/mol. The van der Waals surface area contributed by atoms with Gasteiger partial charge in [-0.2, -0.15) is 0 Å². The SMILES string of the molecule is CC1CNCCC1NC(=O)C1CC1c1ccc(F)c(F)c1. The molecule has 3 nitrogen and oxygen atoms in total. The number of piperidine rings is 1. The molecule has 1 aromatic rings. The van der Waals surface area contributed by atoms with Crippen molar-refractivity contribution in [3.05, 3.63) is 35.4 Å². The number of rotatable bonds is 3. The van der Waals surface area contributed by atoms with Gasteiger partial charge in [-0.15, -0.1) is 0 Å². The summed E-state index contributed by atoms with van der Waals surface area (Å²) in [5.74, 6) is -1.30. The van der Waals surface area contributed by atoms with E-state index in [0.29, 0.717) is 11.5 Å². The maximum atomic E-state index is 13.2. The van der Waals surface area contributed by atoms with Crippen LogP contribution in [0.25, 0.3) is 0 Å². The van der Waals surface area contributed by atoms with E-state index in [0.717, 1.165) is 32.0 Å². The molecular formula is C16H20F2N2O. The topological polar surface area (TPSA) is 41.1 Å². The molecule has 21 heavy (non-hydrogen) atoms. The van der Waals surface area contributed by atoms with Crippen molar-refractivity contribution in [2.75, 3.05) is 13.1 Å². The fraction of sp³-hybridized carbons (Fsp3) is 0.562. The Morgan fingerprint density at radius 3 is 2.86 bits per heavy atom. The summed E-state index contributed by atoms with van der Waals surface area (Å²) in [6.07, 6.45) is 1.66. The lowest BCUT2D eigenvalue weighted by molar-refractivity contribution is -0.123. The number of halogens is 2. The second-order valence-corrected chi connectivity index (χ2v) is 6.21. The minimum atomic E-state index is -0.844. The van der Waals surface area contributed by atoms with Gasteiger partial charge in [0.25, 0.3) is 0 Å². The summed E-state index contributed by atoms with van der Waals surface area (Å²) in [5.41, 5.74) is 0.715. The van der Waals surface area contributed by atoms with Crippen LogP contribution >= 0.6 is 0 Å². The van der Waals surface area contributed by atoms with Crippen molar-refractivity contribution in [1.29, 1.82) is 0 Å². The van der Waals surface area contributed by atoms with Crippen molar-refractivity contribution in [3.63, 3.8) is 0 Å². The van der Waals surface area contributed by atoms with Crippen LogP contribution < -0.4 is 10.6 Å². The summed E-state index contributed by atoms with van der Waals surface area (Å²) < 4.78 is 26.2. The van der Waals surface area contributed by atoms with Gasteiger partial charge in [0.2, 0.25) is 5.91 Å². The summed E-state index contributed by atoms with van der Waals surface area (Å²) in [7, 11) is 0. The summed E-state index contributed by atoms with van der Waals surface area (Å²) in [5, 5.41) is 6.41. The minimum absolute atomic E-state index is 0.0251. The van der Waals surface area contributed by atoms with Crippen molar-refractivity contribution in [3.8, 4) is 0 Å². The quantitative estimate of drug-likeness (QED) is 0.897. The minimum Gasteiger partial charge on any atom is -0.353 e. The summed E-state index contributed by atoms with van der Waals surface area (Å²) in [6.45, 7) is 3.96. The van der Waals surface area contributed by atoms with Crippen molar-refractivity contribution in [1.82, 2.24) is 10.6 Å². The molecule has 2 N–H and O–H groups in total. The Balaban J connectivity index is 1.59. The van der Waals surface area contributed by atoms with E-state index in [4.69, 9.17) is 0 Å². The zero-order valence-electron chi connectivity index (χ0n) is 12.0. The highest BCUT2D eigenvalue weighted by Gasteiger charge is 2.45. The van der Waals surface area contributed by atoms with Crippen LogP contribution in [0.1, 0.15) is 31.2 Å². The van der Waals surface area contributed by atoms with E-state index in [-0.39, 0.29) is 23.8 Å². The molecule has 2 fully saturated rings. The molecule has 0 spiro atoms. The predicted molar refractivity (Wildman–Crippen MR) is 75.8 cm³/mol. The van der Waals surface area contributed by atoms with Gasteiger partial charge in [-0.05, 0) is 55.5 Å². The molecule has 0 bridgehead atoms. The second kappa shape index (κ2) is 5.72. The van der Waals surface area contributed by atoms with Gasteiger partial charge in [0, 0.05) is 12.0 Å². The van der Waals surface area contributed by atoms with Crippen LogP contribution in [0.5, 0.6) is 0 Å². The molecule has 114 valence electrons. The molecule has 0 radical (unpaired) electrons. The van der Waals surface area contributed by atoms with E-state index in [2.05, 4.69) is 17.6 Å². The third-order valence-corrected chi connectivity index (χ3v) is 4.61. The first-order valence-electron chi connectivity index (χ1n) is 7.52. The average Bonchev–Trinajstić information content (AvgIpc) is 3.25. The summed E-state index contributed by atoms with van der Waals surface area (Å²) in [6, 6.07) is 4.13. The smallest absolute Gasteiger partial charge is 0.223 e. The zero-order valence-corrected chi connectivity index (χ0v) is 12.0. The molecule has 4 atom stereocenters. The Hall–Kier alpha value is -1.49. The predicted octanol–water partition coefficient (Wildman–Crippen LogP) is 2.18. The van der Waals surface area contributed by atoms with Gasteiger partial charge in [-0.1, -0.05) is 13.0 Å². The fourth-order valence-electron chi connectivity index (χ4n) is 3.11. The van der Waals surface area contributed by atoms with Gasteiger partial charge in [0.1, 0.15) is 0 Å². The van der Waals surface area contributed by atoms with Crippen LogP contribution in [0.4, 0.5) is 8.78 Å². The van der Waals surface area contributed by atoms with Crippen LogP contribution in [0, 0.1) is 23.5 Å². The van der Waals surface area contributed by atoms with E-state index in [9.17, 15) is 13.6 Å². The Morgan fingerprint density at radius 1 is 1.33 bits per heavy atom. The molecule has 1 saturated carbocycles. The van der Waals surface area contributed by atoms with Crippen molar-refractivity contribution in [2.24, 2.45) is 11.8 Å². The van der Waals surface area contributed by atoms with Gasteiger partial charge in [0.15, 0.2) is 11.6 Å². The largest absolute Gasteiger partial charge is 0.353 e. The molecule has 1 aliphatic heterocycles. The van der Waals surface area contributed by atoms with Gasteiger partial charge in [-0.3, -0.25) is 4.79 Å². The lowest BCUT2D eigenvalue weighted by Gasteiger charge is -2.30. The van der Waals surface area contributed by atoms with Gasteiger partial charge >= 0.3 is 0 Å². The number of amides is 1. The van der Waals surface area contributed by atoms with Crippen molar-refractivity contribution < 1.29 is 13.6 Å². The number of nitrogens with one attached hydrogen (secondary N) is 2. The van der Waals surface area contributed by atoms with Crippen LogP contribution in [0.15, 0.2) is 18.2 Å². The molecule has 4 unspecified atom stereocenters. The Kier molecular flexibility index (Phi) is 3.93. The number of carbonyl (C=O) groups is 1. The first-order valence-corrected chi connectivity index (χ1v) is 7.52. The third kappa shape index (κ3) is 3.07. The lowest BCUT2D eigenvalue weighted by Crippen LogP contribution is -2.48. The van der Waals surface area contributed by atoms with E-state index in [1.54, 1.807) is 6.07 Å². The van der Waals surface area contributed by atoms with E-state index in [1.165, 1.54) is 6.07 Å². The van der Waals surface area contributed by atoms with Crippen molar-refractivity contribution in [2.45, 2.75) is 31.7 Å². The highest BCUT2D eigenvalue weighted by Crippen LogP contribution is 2.47. The Bertz CT molecular complexity index is 549. The normalized spacial score (nSPS) is 31.8. The molecule has 1 aromatic carbocycles. The van der Waals surface area contributed by atoms with Crippen LogP contribution in [0.3, 0.4) is 0 Å². The zero-order chi connectivity index (χ0) is 15.0. The first kappa shape index (κ1) is 14.4. The van der Waals surface area contributed by atoms with Crippen LogP contribution in [0.2, 0.25) is 0 Å². The molecule has 1 heterocycles.